The fourth-order valence-electron chi connectivity index (χ4n) is 3.89. The van der Waals surface area contributed by atoms with E-state index in [9.17, 15) is 4.79 Å². The number of amides is 1. The molecule has 24 heavy (non-hydrogen) atoms. The van der Waals surface area contributed by atoms with Gasteiger partial charge in [0.15, 0.2) is 0 Å². The van der Waals surface area contributed by atoms with Crippen LogP contribution >= 0.6 is 0 Å². The summed E-state index contributed by atoms with van der Waals surface area (Å²) >= 11 is 0. The first-order chi connectivity index (χ1) is 11.6. The lowest BCUT2D eigenvalue weighted by molar-refractivity contribution is -0.132. The van der Waals surface area contributed by atoms with Crippen LogP contribution in [0.3, 0.4) is 0 Å². The molecule has 2 aliphatic heterocycles. The van der Waals surface area contributed by atoms with E-state index in [2.05, 4.69) is 17.4 Å². The van der Waals surface area contributed by atoms with E-state index >= 15 is 0 Å². The molecule has 1 atom stereocenters. The maximum atomic E-state index is 12.0. The Hall–Kier alpha value is -1.59. The SMILES string of the molecule is CNCC(=O)N1CCC2(CC1)CO[C@H](Cc1ccc(OC)cc1)C2. The number of nitrogens with zero attached hydrogens (tertiary/aromatic N) is 1. The van der Waals surface area contributed by atoms with Crippen LogP contribution in [-0.2, 0) is 16.0 Å². The summed E-state index contributed by atoms with van der Waals surface area (Å²) in [4.78, 5) is 14.0. The zero-order chi connectivity index (χ0) is 17.0. The third-order valence-corrected chi connectivity index (χ3v) is 5.41. The average Bonchev–Trinajstić information content (AvgIpc) is 2.98. The highest BCUT2D eigenvalue weighted by atomic mass is 16.5. The molecular weight excluding hydrogens is 304 g/mol. The fraction of sp³-hybridized carbons (Fsp3) is 0.632. The minimum absolute atomic E-state index is 0.209. The number of likely N-dealkylation sites (tertiary alicyclic amines) is 1. The number of ether oxygens (including phenoxy) is 2. The summed E-state index contributed by atoms with van der Waals surface area (Å²) in [5.41, 5.74) is 1.56. The van der Waals surface area contributed by atoms with Crippen LogP contribution in [0.25, 0.3) is 0 Å². The second-order valence-electron chi connectivity index (χ2n) is 7.10. The van der Waals surface area contributed by atoms with Crippen LogP contribution in [0.1, 0.15) is 24.8 Å². The molecule has 2 saturated heterocycles. The molecule has 2 aliphatic rings. The van der Waals surface area contributed by atoms with Gasteiger partial charge in [0.1, 0.15) is 5.75 Å². The normalized spacial score (nSPS) is 22.8. The molecule has 132 valence electrons. The Balaban J connectivity index is 1.51. The summed E-state index contributed by atoms with van der Waals surface area (Å²) in [5.74, 6) is 1.10. The van der Waals surface area contributed by atoms with E-state index in [1.165, 1.54) is 5.56 Å². The van der Waals surface area contributed by atoms with Crippen LogP contribution in [0, 0.1) is 5.41 Å². The smallest absolute Gasteiger partial charge is 0.236 e. The van der Waals surface area contributed by atoms with E-state index < -0.39 is 0 Å². The lowest BCUT2D eigenvalue weighted by Gasteiger charge is -2.38. The molecule has 0 bridgehead atoms. The molecule has 0 aromatic heterocycles. The quantitative estimate of drug-likeness (QED) is 0.894. The molecule has 1 amide bonds. The second kappa shape index (κ2) is 7.53. The molecule has 0 aliphatic carbocycles. The monoisotopic (exact) mass is 332 g/mol. The Morgan fingerprint density at radius 2 is 2.04 bits per heavy atom. The van der Waals surface area contributed by atoms with Crippen molar-refractivity contribution in [2.45, 2.75) is 31.8 Å². The largest absolute Gasteiger partial charge is 0.497 e. The lowest BCUT2D eigenvalue weighted by atomic mass is 9.76. The van der Waals surface area contributed by atoms with Crippen LogP contribution in [-0.4, -0.2) is 57.3 Å². The Morgan fingerprint density at radius 3 is 2.67 bits per heavy atom. The third-order valence-electron chi connectivity index (χ3n) is 5.41. The number of rotatable bonds is 5. The minimum atomic E-state index is 0.209. The second-order valence-corrected chi connectivity index (χ2v) is 7.10. The maximum absolute atomic E-state index is 12.0. The van der Waals surface area contributed by atoms with Gasteiger partial charge in [-0.25, -0.2) is 0 Å². The summed E-state index contributed by atoms with van der Waals surface area (Å²) in [6.45, 7) is 2.99. The highest BCUT2D eigenvalue weighted by Crippen LogP contribution is 2.42. The number of hydrogen-bond donors (Lipinski definition) is 1. The van der Waals surface area contributed by atoms with Crippen molar-refractivity contribution in [3.8, 4) is 5.75 Å². The van der Waals surface area contributed by atoms with Gasteiger partial charge in [0.25, 0.3) is 0 Å². The number of hydrogen-bond acceptors (Lipinski definition) is 4. The number of carbonyl (C=O) groups excluding carboxylic acids is 1. The molecule has 5 nitrogen and oxygen atoms in total. The van der Waals surface area contributed by atoms with Gasteiger partial charge in [-0.3, -0.25) is 4.79 Å². The molecule has 5 heteroatoms. The zero-order valence-electron chi connectivity index (χ0n) is 14.7. The molecule has 2 heterocycles. The van der Waals surface area contributed by atoms with Crippen molar-refractivity contribution in [3.63, 3.8) is 0 Å². The van der Waals surface area contributed by atoms with Crippen LogP contribution in [0.15, 0.2) is 24.3 Å². The first-order valence-corrected chi connectivity index (χ1v) is 8.81. The number of likely N-dealkylation sites (N-methyl/N-ethyl adjacent to an activating group) is 1. The Kier molecular flexibility index (Phi) is 5.41. The van der Waals surface area contributed by atoms with Gasteiger partial charge in [-0.2, -0.15) is 0 Å². The van der Waals surface area contributed by atoms with Gasteiger partial charge in [-0.05, 0) is 55.8 Å². The summed E-state index contributed by atoms with van der Waals surface area (Å²) in [6.07, 6.45) is 4.46. The van der Waals surface area contributed by atoms with E-state index in [0.717, 1.165) is 51.1 Å². The van der Waals surface area contributed by atoms with Gasteiger partial charge in [0.2, 0.25) is 5.91 Å². The van der Waals surface area contributed by atoms with Crippen LogP contribution in [0.5, 0.6) is 5.75 Å². The maximum Gasteiger partial charge on any atom is 0.236 e. The highest BCUT2D eigenvalue weighted by molar-refractivity contribution is 5.78. The topological polar surface area (TPSA) is 50.8 Å². The van der Waals surface area contributed by atoms with Gasteiger partial charge in [0.05, 0.1) is 26.4 Å². The summed E-state index contributed by atoms with van der Waals surface area (Å²) in [6, 6.07) is 8.25. The molecule has 1 N–H and O–H groups in total. The predicted octanol–water partition coefficient (Wildman–Crippen LogP) is 1.85. The molecule has 0 unspecified atom stereocenters. The van der Waals surface area contributed by atoms with Crippen molar-refractivity contribution < 1.29 is 14.3 Å². The summed E-state index contributed by atoms with van der Waals surface area (Å²) in [5, 5.41) is 2.94. The third kappa shape index (κ3) is 3.90. The average molecular weight is 332 g/mol. The summed E-state index contributed by atoms with van der Waals surface area (Å²) < 4.78 is 11.3. The van der Waals surface area contributed by atoms with Crippen molar-refractivity contribution in [3.05, 3.63) is 29.8 Å². The van der Waals surface area contributed by atoms with Crippen LogP contribution in [0.4, 0.5) is 0 Å². The number of benzene rings is 1. The van der Waals surface area contributed by atoms with Crippen molar-refractivity contribution in [2.75, 3.05) is 40.4 Å². The van der Waals surface area contributed by atoms with Gasteiger partial charge in [0, 0.05) is 13.1 Å². The first kappa shape index (κ1) is 17.2. The molecule has 2 fully saturated rings. The standard InChI is InChI=1S/C19H28N2O3/c1-20-13-18(22)21-9-7-19(8-10-21)12-17(24-14-19)11-15-3-5-16(23-2)6-4-15/h3-6,17,20H,7-14H2,1-2H3/t17-/m1/s1. The minimum Gasteiger partial charge on any atom is -0.497 e. The lowest BCUT2D eigenvalue weighted by Crippen LogP contribution is -2.46. The number of nitrogens with one attached hydrogen (secondary N) is 1. The Bertz CT molecular complexity index is 550. The summed E-state index contributed by atoms with van der Waals surface area (Å²) in [7, 11) is 3.50. The van der Waals surface area contributed by atoms with Crippen LogP contribution < -0.4 is 10.1 Å². The number of carbonyl (C=O) groups is 1. The zero-order valence-corrected chi connectivity index (χ0v) is 14.7. The van der Waals surface area contributed by atoms with Crippen molar-refractivity contribution in [1.29, 1.82) is 0 Å². The van der Waals surface area contributed by atoms with Gasteiger partial charge < -0.3 is 19.7 Å². The Labute approximate surface area is 144 Å². The number of methoxy groups -OCH3 is 1. The number of piperidine rings is 1. The van der Waals surface area contributed by atoms with Gasteiger partial charge in [-0.15, -0.1) is 0 Å². The molecule has 1 aromatic rings. The van der Waals surface area contributed by atoms with Gasteiger partial charge in [-0.1, -0.05) is 12.1 Å². The van der Waals surface area contributed by atoms with Crippen molar-refractivity contribution in [2.24, 2.45) is 5.41 Å². The molecule has 0 radical (unpaired) electrons. The van der Waals surface area contributed by atoms with Crippen molar-refractivity contribution >= 4 is 5.91 Å². The van der Waals surface area contributed by atoms with Crippen LogP contribution in [0.2, 0.25) is 0 Å². The van der Waals surface area contributed by atoms with E-state index in [-0.39, 0.29) is 17.4 Å². The molecule has 3 rings (SSSR count). The van der Waals surface area contributed by atoms with Gasteiger partial charge >= 0.3 is 0 Å². The molecule has 1 aromatic carbocycles. The van der Waals surface area contributed by atoms with E-state index in [1.54, 1.807) is 7.11 Å². The van der Waals surface area contributed by atoms with E-state index in [4.69, 9.17) is 9.47 Å². The van der Waals surface area contributed by atoms with E-state index in [0.29, 0.717) is 6.54 Å². The first-order valence-electron chi connectivity index (χ1n) is 8.81. The van der Waals surface area contributed by atoms with E-state index in [1.807, 2.05) is 24.1 Å². The highest BCUT2D eigenvalue weighted by Gasteiger charge is 2.42. The molecular formula is C19H28N2O3. The van der Waals surface area contributed by atoms with Crippen molar-refractivity contribution in [1.82, 2.24) is 10.2 Å². The fourth-order valence-corrected chi connectivity index (χ4v) is 3.89. The molecule has 1 spiro atoms. The molecule has 0 saturated carbocycles. The Morgan fingerprint density at radius 1 is 1.33 bits per heavy atom. The predicted molar refractivity (Wildman–Crippen MR) is 93.2 cm³/mol.